The van der Waals surface area contributed by atoms with Gasteiger partial charge >= 0.3 is 0 Å². The van der Waals surface area contributed by atoms with Gasteiger partial charge in [-0.1, -0.05) is 48.5 Å². The Bertz CT molecular complexity index is 1120. The SMILES string of the molecule is COc1cc2c(cc1OCc1ccccc1)[C@H](C#N)N(C(=O)c1ccccc1)C=C2. The van der Waals surface area contributed by atoms with E-state index >= 15 is 0 Å². The Kier molecular flexibility index (Phi) is 5.49. The number of hydrogen-bond donors (Lipinski definition) is 0. The first-order chi connectivity index (χ1) is 14.7. The minimum Gasteiger partial charge on any atom is -0.493 e. The predicted molar refractivity (Wildman–Crippen MR) is 114 cm³/mol. The van der Waals surface area contributed by atoms with Crippen molar-refractivity contribution in [2.24, 2.45) is 0 Å². The van der Waals surface area contributed by atoms with Crippen LogP contribution in [-0.4, -0.2) is 17.9 Å². The number of methoxy groups -OCH3 is 1. The van der Waals surface area contributed by atoms with Crippen LogP contribution in [0.5, 0.6) is 11.5 Å². The summed E-state index contributed by atoms with van der Waals surface area (Å²) in [5.41, 5.74) is 3.07. The van der Waals surface area contributed by atoms with Gasteiger partial charge in [-0.3, -0.25) is 9.69 Å². The number of hydrogen-bond acceptors (Lipinski definition) is 4. The molecule has 1 aliphatic heterocycles. The third kappa shape index (κ3) is 3.76. The highest BCUT2D eigenvalue weighted by Gasteiger charge is 2.30. The molecule has 1 heterocycles. The first-order valence-corrected chi connectivity index (χ1v) is 9.55. The lowest BCUT2D eigenvalue weighted by molar-refractivity contribution is 0.0794. The number of ether oxygens (including phenoxy) is 2. The second-order valence-electron chi connectivity index (χ2n) is 6.83. The van der Waals surface area contributed by atoms with Crippen LogP contribution in [-0.2, 0) is 6.61 Å². The van der Waals surface area contributed by atoms with E-state index in [2.05, 4.69) is 6.07 Å². The van der Waals surface area contributed by atoms with E-state index in [-0.39, 0.29) is 5.91 Å². The van der Waals surface area contributed by atoms with Crippen LogP contribution in [0.25, 0.3) is 6.08 Å². The van der Waals surface area contributed by atoms with Gasteiger partial charge in [0.1, 0.15) is 12.6 Å². The molecule has 0 aromatic heterocycles. The molecule has 0 aliphatic carbocycles. The van der Waals surface area contributed by atoms with E-state index in [0.717, 1.165) is 11.1 Å². The van der Waals surface area contributed by atoms with E-state index in [1.807, 2.05) is 48.5 Å². The number of rotatable bonds is 5. The lowest BCUT2D eigenvalue weighted by Gasteiger charge is -2.29. The van der Waals surface area contributed by atoms with Crippen molar-refractivity contribution >= 4 is 12.0 Å². The average Bonchev–Trinajstić information content (AvgIpc) is 2.82. The molecule has 0 saturated heterocycles. The van der Waals surface area contributed by atoms with Crippen molar-refractivity contribution in [1.29, 1.82) is 5.26 Å². The maximum Gasteiger partial charge on any atom is 0.259 e. The Labute approximate surface area is 175 Å². The summed E-state index contributed by atoms with van der Waals surface area (Å²) in [4.78, 5) is 14.4. The highest BCUT2D eigenvalue weighted by molar-refractivity contribution is 5.96. The summed E-state index contributed by atoms with van der Waals surface area (Å²) in [6.07, 6.45) is 3.46. The fraction of sp³-hybridized carbons (Fsp3) is 0.120. The van der Waals surface area contributed by atoms with Crippen molar-refractivity contribution in [3.05, 3.63) is 101 Å². The van der Waals surface area contributed by atoms with Gasteiger partial charge in [0.15, 0.2) is 11.5 Å². The number of carbonyl (C=O) groups excluding carboxylic acids is 1. The van der Waals surface area contributed by atoms with E-state index in [9.17, 15) is 10.1 Å². The summed E-state index contributed by atoms with van der Waals surface area (Å²) >= 11 is 0. The molecule has 1 aliphatic rings. The molecule has 0 fully saturated rings. The molecule has 148 valence electrons. The molecule has 4 rings (SSSR count). The van der Waals surface area contributed by atoms with Crippen LogP contribution >= 0.6 is 0 Å². The zero-order valence-corrected chi connectivity index (χ0v) is 16.5. The number of nitrogens with zero attached hydrogens (tertiary/aromatic N) is 2. The molecule has 0 spiro atoms. The van der Waals surface area contributed by atoms with Gasteiger partial charge in [-0.15, -0.1) is 0 Å². The summed E-state index contributed by atoms with van der Waals surface area (Å²) in [5, 5.41) is 9.88. The summed E-state index contributed by atoms with van der Waals surface area (Å²) in [6.45, 7) is 0.371. The molecular weight excluding hydrogens is 376 g/mol. The number of fused-ring (bicyclic) bond motifs is 1. The third-order valence-electron chi connectivity index (χ3n) is 4.97. The molecule has 0 bridgehead atoms. The largest absolute Gasteiger partial charge is 0.493 e. The molecule has 5 nitrogen and oxygen atoms in total. The summed E-state index contributed by atoms with van der Waals surface area (Å²) in [5.74, 6) is 0.878. The molecule has 30 heavy (non-hydrogen) atoms. The molecule has 1 amide bonds. The topological polar surface area (TPSA) is 62.6 Å². The van der Waals surface area contributed by atoms with Crippen LogP contribution in [0.3, 0.4) is 0 Å². The standard InChI is InChI=1S/C25H20N2O3/c1-29-23-14-20-12-13-27(25(28)19-10-6-3-7-11-19)22(16-26)21(20)15-24(23)30-17-18-8-4-2-5-9-18/h2-15,22H,17H2,1H3/t22-/m0/s1. The lowest BCUT2D eigenvalue weighted by Crippen LogP contribution is -2.31. The average molecular weight is 396 g/mol. The van der Waals surface area contributed by atoms with Crippen LogP contribution in [0.2, 0.25) is 0 Å². The summed E-state index contributed by atoms with van der Waals surface area (Å²) in [6, 6.07) is 23.9. The molecule has 0 unspecified atom stereocenters. The van der Waals surface area contributed by atoms with Crippen molar-refractivity contribution < 1.29 is 14.3 Å². The Morgan fingerprint density at radius 1 is 1.03 bits per heavy atom. The first-order valence-electron chi connectivity index (χ1n) is 9.55. The number of benzene rings is 3. The fourth-order valence-electron chi connectivity index (χ4n) is 3.42. The van der Waals surface area contributed by atoms with Crippen molar-refractivity contribution in [1.82, 2.24) is 4.90 Å². The van der Waals surface area contributed by atoms with E-state index in [1.165, 1.54) is 4.90 Å². The second-order valence-corrected chi connectivity index (χ2v) is 6.83. The molecule has 0 saturated carbocycles. The molecular formula is C25H20N2O3. The van der Waals surface area contributed by atoms with Gasteiger partial charge in [0.2, 0.25) is 0 Å². The highest BCUT2D eigenvalue weighted by atomic mass is 16.5. The number of amides is 1. The molecule has 5 heteroatoms. The maximum atomic E-state index is 13.0. The highest BCUT2D eigenvalue weighted by Crippen LogP contribution is 2.39. The number of nitriles is 1. The van der Waals surface area contributed by atoms with Crippen LogP contribution in [0.15, 0.2) is 79.0 Å². The van der Waals surface area contributed by atoms with Gasteiger partial charge < -0.3 is 9.47 Å². The zero-order chi connectivity index (χ0) is 20.9. The second kappa shape index (κ2) is 8.54. The van der Waals surface area contributed by atoms with Gasteiger partial charge in [-0.05, 0) is 41.5 Å². The zero-order valence-electron chi connectivity index (χ0n) is 16.5. The van der Waals surface area contributed by atoms with E-state index in [0.29, 0.717) is 29.2 Å². The smallest absolute Gasteiger partial charge is 0.259 e. The Hall–Kier alpha value is -4.04. The van der Waals surface area contributed by atoms with Crippen molar-refractivity contribution in [2.45, 2.75) is 12.6 Å². The molecule has 0 N–H and O–H groups in total. The lowest BCUT2D eigenvalue weighted by atomic mass is 9.95. The Morgan fingerprint density at radius 2 is 1.73 bits per heavy atom. The Balaban J connectivity index is 1.66. The summed E-state index contributed by atoms with van der Waals surface area (Å²) < 4.78 is 11.5. The first kappa shape index (κ1) is 19.3. The van der Waals surface area contributed by atoms with Gasteiger partial charge in [-0.2, -0.15) is 5.26 Å². The minimum absolute atomic E-state index is 0.230. The normalized spacial score (nSPS) is 14.5. The molecule has 0 radical (unpaired) electrons. The van der Waals surface area contributed by atoms with E-state index < -0.39 is 6.04 Å². The minimum atomic E-state index is -0.761. The van der Waals surface area contributed by atoms with Crippen molar-refractivity contribution in [2.75, 3.05) is 7.11 Å². The van der Waals surface area contributed by atoms with Gasteiger partial charge in [0.05, 0.1) is 13.2 Å². The Morgan fingerprint density at radius 3 is 2.40 bits per heavy atom. The fourth-order valence-corrected chi connectivity index (χ4v) is 3.42. The predicted octanol–water partition coefficient (Wildman–Crippen LogP) is 4.97. The van der Waals surface area contributed by atoms with Crippen LogP contribution < -0.4 is 9.47 Å². The van der Waals surface area contributed by atoms with E-state index in [4.69, 9.17) is 9.47 Å². The van der Waals surface area contributed by atoms with E-state index in [1.54, 1.807) is 43.6 Å². The summed E-state index contributed by atoms with van der Waals surface area (Å²) in [7, 11) is 1.58. The molecule has 3 aromatic carbocycles. The van der Waals surface area contributed by atoms with Crippen molar-refractivity contribution in [3.63, 3.8) is 0 Å². The maximum absolute atomic E-state index is 13.0. The number of carbonyl (C=O) groups is 1. The monoisotopic (exact) mass is 396 g/mol. The van der Waals surface area contributed by atoms with Crippen LogP contribution in [0, 0.1) is 11.3 Å². The van der Waals surface area contributed by atoms with Gasteiger partial charge in [0, 0.05) is 17.3 Å². The van der Waals surface area contributed by atoms with Gasteiger partial charge in [0.25, 0.3) is 5.91 Å². The quantitative estimate of drug-likeness (QED) is 0.611. The third-order valence-corrected chi connectivity index (χ3v) is 4.97. The van der Waals surface area contributed by atoms with Crippen LogP contribution in [0.4, 0.5) is 0 Å². The van der Waals surface area contributed by atoms with Crippen LogP contribution in [0.1, 0.15) is 33.1 Å². The molecule has 1 atom stereocenters. The molecule has 3 aromatic rings. The van der Waals surface area contributed by atoms with Gasteiger partial charge in [-0.25, -0.2) is 0 Å². The van der Waals surface area contributed by atoms with Crippen molar-refractivity contribution in [3.8, 4) is 17.6 Å².